The predicted octanol–water partition coefficient (Wildman–Crippen LogP) is 1.74. The predicted molar refractivity (Wildman–Crippen MR) is 93.3 cm³/mol. The molecule has 2 amide bonds. The van der Waals surface area contributed by atoms with Gasteiger partial charge in [0, 0.05) is 24.7 Å². The monoisotopic (exact) mass is 347 g/mol. The second kappa shape index (κ2) is 7.12. The number of benzene rings is 1. The summed E-state index contributed by atoms with van der Waals surface area (Å²) in [6, 6.07) is 4.19. The molecule has 0 radical (unpaired) electrons. The maximum absolute atomic E-state index is 13.9. The molecule has 2 fully saturated rings. The van der Waals surface area contributed by atoms with Crippen LogP contribution in [0.4, 0.5) is 4.39 Å². The van der Waals surface area contributed by atoms with Crippen LogP contribution in [0.15, 0.2) is 18.2 Å². The summed E-state index contributed by atoms with van der Waals surface area (Å²) in [6.07, 6.45) is 1.40. The van der Waals surface area contributed by atoms with Gasteiger partial charge in [-0.25, -0.2) is 4.39 Å². The summed E-state index contributed by atoms with van der Waals surface area (Å²) in [4.78, 5) is 26.8. The molecule has 2 saturated heterocycles. The molecule has 2 heterocycles. The first-order chi connectivity index (χ1) is 11.9. The second-order valence-electron chi connectivity index (χ2n) is 7.29. The molecule has 0 bridgehead atoms. The summed E-state index contributed by atoms with van der Waals surface area (Å²) in [6.45, 7) is 6.81. The van der Waals surface area contributed by atoms with Crippen molar-refractivity contribution >= 4 is 11.8 Å². The molecule has 5 nitrogen and oxygen atoms in total. The molecule has 25 heavy (non-hydrogen) atoms. The Balaban J connectivity index is 1.65. The van der Waals surface area contributed by atoms with Crippen LogP contribution in [0.1, 0.15) is 37.8 Å². The van der Waals surface area contributed by atoms with Gasteiger partial charge in [0.2, 0.25) is 11.8 Å². The van der Waals surface area contributed by atoms with Gasteiger partial charge < -0.3 is 15.5 Å². The van der Waals surface area contributed by atoms with Crippen LogP contribution in [-0.2, 0) is 16.1 Å². The fraction of sp³-hybridized carbons (Fsp3) is 0.579. The molecule has 0 saturated carbocycles. The van der Waals surface area contributed by atoms with Crippen molar-refractivity contribution in [1.82, 2.24) is 15.5 Å². The van der Waals surface area contributed by atoms with Crippen molar-refractivity contribution in [3.8, 4) is 0 Å². The number of hydrogen-bond acceptors (Lipinski definition) is 3. The van der Waals surface area contributed by atoms with Gasteiger partial charge in [0.1, 0.15) is 17.9 Å². The molecular weight excluding hydrogens is 321 g/mol. The minimum Gasteiger partial charge on any atom is -0.342 e. The zero-order valence-corrected chi connectivity index (χ0v) is 15.0. The Bertz CT molecular complexity index is 679. The van der Waals surface area contributed by atoms with Crippen LogP contribution in [-0.4, -0.2) is 41.4 Å². The number of nitrogens with zero attached hydrogens (tertiary/aromatic N) is 1. The van der Waals surface area contributed by atoms with Crippen molar-refractivity contribution in [2.75, 3.05) is 6.54 Å². The molecular formula is C19H26FN3O2. The van der Waals surface area contributed by atoms with Crippen molar-refractivity contribution in [2.45, 2.75) is 58.3 Å². The standard InChI is InChI=1S/C19H26FN3O2/c1-4-12(3)17-19(25)23-10-14(8-16(23)18(24)22-17)21-9-13-7-11(2)5-6-15(13)20/h5-7,12,14,16-17,21H,4,8-10H2,1-3H3,(H,22,24)/t12-,14-,16-,17-/m0/s1. The number of amides is 2. The molecule has 3 rings (SSSR count). The average molecular weight is 347 g/mol. The number of carbonyl (C=O) groups excluding carboxylic acids is 2. The Labute approximate surface area is 148 Å². The third-order valence-electron chi connectivity index (χ3n) is 5.45. The smallest absolute Gasteiger partial charge is 0.246 e. The zero-order valence-electron chi connectivity index (χ0n) is 15.0. The van der Waals surface area contributed by atoms with Crippen LogP contribution in [0.5, 0.6) is 0 Å². The molecule has 0 aromatic heterocycles. The van der Waals surface area contributed by atoms with E-state index < -0.39 is 12.1 Å². The highest BCUT2D eigenvalue weighted by atomic mass is 19.1. The van der Waals surface area contributed by atoms with Crippen LogP contribution < -0.4 is 10.6 Å². The van der Waals surface area contributed by atoms with Crippen LogP contribution >= 0.6 is 0 Å². The molecule has 6 heteroatoms. The van der Waals surface area contributed by atoms with Gasteiger partial charge in [-0.2, -0.15) is 0 Å². The minimum absolute atomic E-state index is 0.00436. The van der Waals surface area contributed by atoms with E-state index in [9.17, 15) is 14.0 Å². The number of aryl methyl sites for hydroxylation is 1. The summed E-state index contributed by atoms with van der Waals surface area (Å²) < 4.78 is 13.9. The highest BCUT2D eigenvalue weighted by Crippen LogP contribution is 2.26. The third-order valence-corrected chi connectivity index (χ3v) is 5.45. The van der Waals surface area contributed by atoms with Crippen molar-refractivity contribution in [2.24, 2.45) is 5.92 Å². The van der Waals surface area contributed by atoms with E-state index in [4.69, 9.17) is 0 Å². The van der Waals surface area contributed by atoms with Gasteiger partial charge in [0.25, 0.3) is 0 Å². The molecule has 2 aliphatic heterocycles. The highest BCUT2D eigenvalue weighted by molar-refractivity contribution is 5.97. The van der Waals surface area contributed by atoms with E-state index >= 15 is 0 Å². The normalized spacial score (nSPS) is 27.2. The van der Waals surface area contributed by atoms with Crippen LogP contribution in [0.2, 0.25) is 0 Å². The first-order valence-electron chi connectivity index (χ1n) is 9.00. The van der Waals surface area contributed by atoms with Gasteiger partial charge in [-0.15, -0.1) is 0 Å². The lowest BCUT2D eigenvalue weighted by Gasteiger charge is -2.36. The average Bonchev–Trinajstić information content (AvgIpc) is 3.03. The molecule has 1 aromatic carbocycles. The van der Waals surface area contributed by atoms with E-state index in [1.54, 1.807) is 11.0 Å². The first-order valence-corrected chi connectivity index (χ1v) is 9.00. The van der Waals surface area contributed by atoms with Crippen LogP contribution in [0, 0.1) is 18.7 Å². The molecule has 4 atom stereocenters. The number of halogens is 1. The maximum Gasteiger partial charge on any atom is 0.246 e. The quantitative estimate of drug-likeness (QED) is 0.853. The minimum atomic E-state index is -0.429. The zero-order chi connectivity index (χ0) is 18.1. The van der Waals surface area contributed by atoms with E-state index in [-0.39, 0.29) is 29.6 Å². The summed E-state index contributed by atoms with van der Waals surface area (Å²) in [5.74, 6) is -0.189. The molecule has 1 aromatic rings. The fourth-order valence-electron chi connectivity index (χ4n) is 3.68. The molecule has 0 unspecified atom stereocenters. The third kappa shape index (κ3) is 3.54. The van der Waals surface area contributed by atoms with Gasteiger partial charge in [-0.1, -0.05) is 38.0 Å². The molecule has 0 spiro atoms. The number of rotatable bonds is 5. The highest BCUT2D eigenvalue weighted by Gasteiger charge is 2.47. The first kappa shape index (κ1) is 17.9. The van der Waals surface area contributed by atoms with Crippen molar-refractivity contribution in [3.05, 3.63) is 35.1 Å². The Morgan fingerprint density at radius 3 is 2.88 bits per heavy atom. The van der Waals surface area contributed by atoms with Gasteiger partial charge in [-0.3, -0.25) is 9.59 Å². The van der Waals surface area contributed by atoms with Gasteiger partial charge in [-0.05, 0) is 25.3 Å². The number of carbonyl (C=O) groups is 2. The van der Waals surface area contributed by atoms with E-state index in [0.717, 1.165) is 12.0 Å². The fourth-order valence-corrected chi connectivity index (χ4v) is 3.68. The van der Waals surface area contributed by atoms with Gasteiger partial charge in [0.05, 0.1) is 0 Å². The van der Waals surface area contributed by atoms with Crippen LogP contribution in [0.3, 0.4) is 0 Å². The summed E-state index contributed by atoms with van der Waals surface area (Å²) >= 11 is 0. The number of fused-ring (bicyclic) bond motifs is 1. The van der Waals surface area contributed by atoms with E-state index in [2.05, 4.69) is 10.6 Å². The van der Waals surface area contributed by atoms with Crippen LogP contribution in [0.25, 0.3) is 0 Å². The Kier molecular flexibility index (Phi) is 5.08. The van der Waals surface area contributed by atoms with E-state index in [1.165, 1.54) is 6.07 Å². The summed E-state index contributed by atoms with van der Waals surface area (Å²) in [5.41, 5.74) is 1.62. The number of piperazine rings is 1. The SMILES string of the molecule is CC[C@H](C)[C@@H]1NC(=O)[C@@H]2C[C@H](NCc3cc(C)ccc3F)CN2C1=O. The largest absolute Gasteiger partial charge is 0.342 e. The maximum atomic E-state index is 13.9. The molecule has 2 N–H and O–H groups in total. The van der Waals surface area contributed by atoms with Crippen molar-refractivity contribution < 1.29 is 14.0 Å². The lowest BCUT2D eigenvalue weighted by Crippen LogP contribution is -2.62. The number of nitrogens with one attached hydrogen (secondary N) is 2. The lowest BCUT2D eigenvalue weighted by atomic mass is 9.95. The van der Waals surface area contributed by atoms with E-state index in [1.807, 2.05) is 26.8 Å². The van der Waals surface area contributed by atoms with E-state index in [0.29, 0.717) is 25.1 Å². The number of hydrogen-bond donors (Lipinski definition) is 2. The van der Waals surface area contributed by atoms with Crippen molar-refractivity contribution in [3.63, 3.8) is 0 Å². The molecule has 136 valence electrons. The second-order valence-corrected chi connectivity index (χ2v) is 7.29. The molecule has 2 aliphatic rings. The van der Waals surface area contributed by atoms with Crippen molar-refractivity contribution in [1.29, 1.82) is 0 Å². The Morgan fingerprint density at radius 1 is 1.40 bits per heavy atom. The molecule has 0 aliphatic carbocycles. The Hall–Kier alpha value is -1.95. The summed E-state index contributed by atoms with van der Waals surface area (Å²) in [7, 11) is 0. The van der Waals surface area contributed by atoms with Gasteiger partial charge in [0.15, 0.2) is 0 Å². The van der Waals surface area contributed by atoms with Gasteiger partial charge >= 0.3 is 0 Å². The Morgan fingerprint density at radius 2 is 2.16 bits per heavy atom. The lowest BCUT2D eigenvalue weighted by molar-refractivity contribution is -0.148. The summed E-state index contributed by atoms with van der Waals surface area (Å²) in [5, 5.41) is 6.19. The topological polar surface area (TPSA) is 61.4 Å².